The van der Waals surface area contributed by atoms with Crippen LogP contribution in [0.3, 0.4) is 0 Å². The van der Waals surface area contributed by atoms with E-state index in [0.717, 1.165) is 0 Å². The number of aromatic carboxylic acids is 1. The highest BCUT2D eigenvalue weighted by atomic mass is 19.1. The Morgan fingerprint density at radius 1 is 1.29 bits per heavy atom. The number of benzene rings is 1. The quantitative estimate of drug-likeness (QED) is 0.426. The fourth-order valence-electron chi connectivity index (χ4n) is 3.10. The summed E-state index contributed by atoms with van der Waals surface area (Å²) in [6.45, 7) is 7.78. The normalized spacial score (nSPS) is 13.8. The highest BCUT2D eigenvalue weighted by Crippen LogP contribution is 2.30. The van der Waals surface area contributed by atoms with Gasteiger partial charge in [-0.15, -0.1) is 0 Å². The van der Waals surface area contributed by atoms with Crippen LogP contribution in [0.4, 0.5) is 4.39 Å². The number of nitrogens with zero attached hydrogens (tertiary/aromatic N) is 4. The number of halogens is 1. The Kier molecular flexibility index (Phi) is 7.70. The van der Waals surface area contributed by atoms with Crippen LogP contribution in [0.25, 0.3) is 5.65 Å². The fourth-order valence-corrected chi connectivity index (χ4v) is 3.10. The number of aliphatic hydroxyl groups is 1. The average Bonchev–Trinajstić information content (AvgIpc) is 3.17. The van der Waals surface area contributed by atoms with Gasteiger partial charge in [-0.05, 0) is 52.9 Å². The summed E-state index contributed by atoms with van der Waals surface area (Å²) in [7, 11) is 1.70. The SMILES string of the molecule is CC(Oc1ccn2ncc(C(=O)O)c2n1)c1cc(F)ccc1OCCN(C)C(O)OC(C)(C)C. The molecule has 0 bridgehead atoms. The fraction of sp³-hybridized carbons (Fsp3) is 0.435. The summed E-state index contributed by atoms with van der Waals surface area (Å²) < 4.78 is 32.5. The molecule has 0 saturated carbocycles. The monoisotopic (exact) mass is 476 g/mol. The number of aliphatic hydroxyl groups excluding tert-OH is 1. The summed E-state index contributed by atoms with van der Waals surface area (Å²) in [5, 5.41) is 23.4. The number of rotatable bonds is 10. The maximum atomic E-state index is 14.0. The van der Waals surface area contributed by atoms with Crippen LogP contribution in [0.5, 0.6) is 11.6 Å². The van der Waals surface area contributed by atoms with Crippen molar-refractivity contribution < 1.29 is 33.6 Å². The van der Waals surface area contributed by atoms with Gasteiger partial charge in [-0.3, -0.25) is 4.90 Å². The van der Waals surface area contributed by atoms with E-state index in [4.69, 9.17) is 14.2 Å². The Morgan fingerprint density at radius 2 is 2.03 bits per heavy atom. The largest absolute Gasteiger partial charge is 0.492 e. The van der Waals surface area contributed by atoms with Gasteiger partial charge in [0, 0.05) is 24.4 Å². The second-order valence-corrected chi connectivity index (χ2v) is 8.73. The number of carbonyl (C=O) groups is 1. The summed E-state index contributed by atoms with van der Waals surface area (Å²) in [6.07, 6.45) is 0.973. The van der Waals surface area contributed by atoms with E-state index in [1.807, 2.05) is 20.8 Å². The van der Waals surface area contributed by atoms with Crippen molar-refractivity contribution in [3.8, 4) is 11.6 Å². The van der Waals surface area contributed by atoms with Gasteiger partial charge in [-0.25, -0.2) is 13.7 Å². The zero-order chi connectivity index (χ0) is 25.0. The highest BCUT2D eigenvalue weighted by molar-refractivity contribution is 5.94. The Balaban J connectivity index is 1.70. The number of likely N-dealkylation sites (N-methyl/N-ethyl adjacent to an activating group) is 1. The minimum Gasteiger partial charge on any atom is -0.492 e. The number of hydrogen-bond acceptors (Lipinski definition) is 8. The molecule has 0 fully saturated rings. The topological polar surface area (TPSA) is 119 Å². The first kappa shape index (κ1) is 25.3. The molecular formula is C23H29FN4O6. The lowest BCUT2D eigenvalue weighted by molar-refractivity contribution is -0.233. The zero-order valence-electron chi connectivity index (χ0n) is 19.7. The first-order chi connectivity index (χ1) is 15.9. The second kappa shape index (κ2) is 10.3. The summed E-state index contributed by atoms with van der Waals surface area (Å²) in [4.78, 5) is 17.2. The van der Waals surface area contributed by atoms with Crippen LogP contribution in [0.15, 0.2) is 36.7 Å². The molecular weight excluding hydrogens is 447 g/mol. The van der Waals surface area contributed by atoms with Gasteiger partial charge >= 0.3 is 5.97 Å². The van der Waals surface area contributed by atoms with Crippen LogP contribution < -0.4 is 9.47 Å². The van der Waals surface area contributed by atoms with E-state index in [1.165, 1.54) is 41.2 Å². The maximum Gasteiger partial charge on any atom is 0.341 e. The molecule has 0 amide bonds. The van der Waals surface area contributed by atoms with E-state index in [9.17, 15) is 19.4 Å². The van der Waals surface area contributed by atoms with Crippen LogP contribution >= 0.6 is 0 Å². The molecule has 0 saturated heterocycles. The van der Waals surface area contributed by atoms with Crippen LogP contribution in [0.2, 0.25) is 0 Å². The number of aromatic nitrogens is 3. The summed E-state index contributed by atoms with van der Waals surface area (Å²) in [5.74, 6) is -1.06. The lowest BCUT2D eigenvalue weighted by atomic mass is 10.1. The summed E-state index contributed by atoms with van der Waals surface area (Å²) in [5.41, 5.74) is 0.00868. The Labute approximate surface area is 196 Å². The Hall–Kier alpha value is -3.28. The van der Waals surface area contributed by atoms with Crippen molar-refractivity contribution in [2.75, 3.05) is 20.2 Å². The van der Waals surface area contributed by atoms with Crippen LogP contribution in [-0.2, 0) is 4.74 Å². The van der Waals surface area contributed by atoms with Crippen molar-refractivity contribution in [2.24, 2.45) is 0 Å². The van der Waals surface area contributed by atoms with Gasteiger partial charge in [0.1, 0.15) is 29.8 Å². The first-order valence-electron chi connectivity index (χ1n) is 10.7. The maximum absolute atomic E-state index is 14.0. The minimum atomic E-state index is -1.16. The van der Waals surface area contributed by atoms with Crippen LogP contribution in [0.1, 0.15) is 49.7 Å². The molecule has 2 aromatic heterocycles. The molecule has 2 unspecified atom stereocenters. The molecule has 2 atom stereocenters. The van der Waals surface area contributed by atoms with Gasteiger partial charge in [-0.2, -0.15) is 10.1 Å². The molecule has 10 nitrogen and oxygen atoms in total. The third-order valence-electron chi connectivity index (χ3n) is 4.82. The molecule has 0 spiro atoms. The van der Waals surface area contributed by atoms with Crippen molar-refractivity contribution >= 4 is 11.6 Å². The van der Waals surface area contributed by atoms with Crippen molar-refractivity contribution in [2.45, 2.75) is 45.8 Å². The van der Waals surface area contributed by atoms with E-state index < -0.39 is 29.9 Å². The van der Waals surface area contributed by atoms with E-state index in [1.54, 1.807) is 18.9 Å². The van der Waals surface area contributed by atoms with Gasteiger partial charge in [0.25, 0.3) is 0 Å². The molecule has 0 aliphatic carbocycles. The predicted molar refractivity (Wildman–Crippen MR) is 120 cm³/mol. The number of fused-ring (bicyclic) bond motifs is 1. The predicted octanol–water partition coefficient (Wildman–Crippen LogP) is 3.11. The minimum absolute atomic E-state index is 0.0605. The summed E-state index contributed by atoms with van der Waals surface area (Å²) >= 11 is 0. The third-order valence-corrected chi connectivity index (χ3v) is 4.82. The molecule has 0 radical (unpaired) electrons. The number of carboxylic acid groups (broad SMARTS) is 1. The highest BCUT2D eigenvalue weighted by Gasteiger charge is 2.21. The molecule has 1 aromatic carbocycles. The average molecular weight is 477 g/mol. The van der Waals surface area contributed by atoms with Crippen LogP contribution in [0, 0.1) is 5.82 Å². The van der Waals surface area contributed by atoms with Gasteiger partial charge in [-0.1, -0.05) is 0 Å². The smallest absolute Gasteiger partial charge is 0.341 e. The molecule has 11 heteroatoms. The first-order valence-corrected chi connectivity index (χ1v) is 10.7. The van der Waals surface area contributed by atoms with Gasteiger partial charge in [0.15, 0.2) is 5.65 Å². The molecule has 0 aliphatic heterocycles. The lowest BCUT2D eigenvalue weighted by Gasteiger charge is -2.30. The zero-order valence-corrected chi connectivity index (χ0v) is 19.7. The molecule has 3 aromatic rings. The van der Waals surface area contributed by atoms with E-state index >= 15 is 0 Å². The lowest BCUT2D eigenvalue weighted by Crippen LogP contribution is -2.41. The van der Waals surface area contributed by atoms with Gasteiger partial charge in [0.05, 0.1) is 11.8 Å². The molecule has 3 rings (SSSR count). The molecule has 2 N–H and O–H groups in total. The Morgan fingerprint density at radius 3 is 2.71 bits per heavy atom. The standard InChI is InChI=1S/C23H29FN4O6/c1-14(33-19-8-9-28-20(26-19)17(13-25-28)21(29)30)16-12-15(24)6-7-18(16)32-11-10-27(5)22(31)34-23(2,3)4/h6-9,12-14,22,31H,10-11H2,1-5H3,(H,29,30). The van der Waals surface area contributed by atoms with Crippen molar-refractivity contribution in [3.63, 3.8) is 0 Å². The Bertz CT molecular complexity index is 1150. The summed E-state index contributed by atoms with van der Waals surface area (Å²) in [6, 6.07) is 5.63. The van der Waals surface area contributed by atoms with Crippen molar-refractivity contribution in [1.29, 1.82) is 0 Å². The number of carboxylic acids is 1. The van der Waals surface area contributed by atoms with Gasteiger partial charge in [0.2, 0.25) is 12.3 Å². The van der Waals surface area contributed by atoms with E-state index in [-0.39, 0.29) is 23.7 Å². The molecule has 2 heterocycles. The second-order valence-electron chi connectivity index (χ2n) is 8.73. The van der Waals surface area contributed by atoms with Crippen LogP contribution in [-0.4, -0.2) is 67.9 Å². The molecule has 184 valence electrons. The van der Waals surface area contributed by atoms with E-state index in [2.05, 4.69) is 10.1 Å². The van der Waals surface area contributed by atoms with E-state index in [0.29, 0.717) is 17.9 Å². The third kappa shape index (κ3) is 6.40. The van der Waals surface area contributed by atoms with Crippen molar-refractivity contribution in [1.82, 2.24) is 19.5 Å². The number of hydrogen-bond donors (Lipinski definition) is 2. The van der Waals surface area contributed by atoms with Gasteiger partial charge < -0.3 is 24.4 Å². The molecule has 34 heavy (non-hydrogen) atoms. The number of ether oxygens (including phenoxy) is 3. The van der Waals surface area contributed by atoms with Crippen molar-refractivity contribution in [3.05, 3.63) is 53.6 Å². The molecule has 0 aliphatic rings.